The molecule has 0 bridgehead atoms. The number of carbonyl (C=O) groups is 1. The minimum atomic E-state index is -0.544. The molecule has 0 spiro atoms. The van der Waals surface area contributed by atoms with E-state index < -0.39 is 6.10 Å². The van der Waals surface area contributed by atoms with Crippen LogP contribution in [-0.2, 0) is 4.79 Å². The molecule has 0 aromatic heterocycles. The molecular weight excluding hydrogens is 316 g/mol. The van der Waals surface area contributed by atoms with Crippen molar-refractivity contribution >= 4 is 17.3 Å². The van der Waals surface area contributed by atoms with Gasteiger partial charge in [-0.15, -0.1) is 0 Å². The highest BCUT2D eigenvalue weighted by Gasteiger charge is 2.19. The minimum absolute atomic E-state index is 0.101. The van der Waals surface area contributed by atoms with Gasteiger partial charge in [0.05, 0.1) is 6.61 Å². The second-order valence-electron chi connectivity index (χ2n) is 5.96. The van der Waals surface area contributed by atoms with Gasteiger partial charge in [-0.25, -0.2) is 0 Å². The van der Waals surface area contributed by atoms with E-state index in [4.69, 9.17) is 9.84 Å². The summed E-state index contributed by atoms with van der Waals surface area (Å²) in [6.45, 7) is 4.55. The number of aryl methyl sites for hydroxylation is 1. The molecule has 1 unspecified atom stereocenters. The van der Waals surface area contributed by atoms with Crippen LogP contribution in [0.3, 0.4) is 0 Å². The summed E-state index contributed by atoms with van der Waals surface area (Å²) in [4.78, 5) is 14.4. The summed E-state index contributed by atoms with van der Waals surface area (Å²) in [6, 6.07) is 15.2. The first kappa shape index (κ1) is 18.8. The van der Waals surface area contributed by atoms with Gasteiger partial charge >= 0.3 is 0 Å². The molecule has 2 aromatic carbocycles. The van der Waals surface area contributed by atoms with Crippen LogP contribution < -0.4 is 15.0 Å². The molecule has 0 aliphatic carbocycles. The normalized spacial score (nSPS) is 11.7. The number of hydrogen-bond acceptors (Lipinski definition) is 4. The third-order valence-corrected chi connectivity index (χ3v) is 4.04. The first-order valence-electron chi connectivity index (χ1n) is 8.50. The number of ether oxygens (including phenoxy) is 1. The van der Waals surface area contributed by atoms with Crippen LogP contribution in [0.25, 0.3) is 0 Å². The van der Waals surface area contributed by atoms with Crippen molar-refractivity contribution in [3.63, 3.8) is 0 Å². The number of likely N-dealkylation sites (N-methyl/N-ethyl adjacent to an activating group) is 1. The van der Waals surface area contributed by atoms with Crippen molar-refractivity contribution in [3.8, 4) is 5.75 Å². The maximum absolute atomic E-state index is 12.5. The standard InChI is InChI=1S/C20H26N2O3/c1-4-18(25-19-8-6-5-7-15(19)2)20(24)21-16-9-11-17(12-10-16)22(3)13-14-23/h5-12,18,23H,4,13-14H2,1-3H3,(H,21,24). The SMILES string of the molecule is CCC(Oc1ccccc1C)C(=O)Nc1ccc(N(C)CCO)cc1. The van der Waals surface area contributed by atoms with Crippen molar-refractivity contribution in [3.05, 3.63) is 54.1 Å². The fraction of sp³-hybridized carbons (Fsp3) is 0.350. The molecular formula is C20H26N2O3. The zero-order chi connectivity index (χ0) is 18.2. The number of rotatable bonds is 8. The number of nitrogens with zero attached hydrogens (tertiary/aromatic N) is 1. The van der Waals surface area contributed by atoms with E-state index in [0.29, 0.717) is 13.0 Å². The number of nitrogens with one attached hydrogen (secondary N) is 1. The van der Waals surface area contributed by atoms with Gasteiger partial charge in [-0.05, 0) is 49.2 Å². The Morgan fingerprint density at radius 3 is 2.48 bits per heavy atom. The first-order chi connectivity index (χ1) is 12.0. The lowest BCUT2D eigenvalue weighted by atomic mass is 10.2. The van der Waals surface area contributed by atoms with Crippen LogP contribution in [0, 0.1) is 6.92 Å². The third kappa shape index (κ3) is 5.22. The molecule has 2 rings (SSSR count). The van der Waals surface area contributed by atoms with Crippen LogP contribution in [0.1, 0.15) is 18.9 Å². The molecule has 0 saturated heterocycles. The lowest BCUT2D eigenvalue weighted by Gasteiger charge is -2.20. The Hall–Kier alpha value is -2.53. The Labute approximate surface area is 149 Å². The molecule has 0 fully saturated rings. The van der Waals surface area contributed by atoms with Crippen molar-refractivity contribution in [2.75, 3.05) is 30.4 Å². The van der Waals surface area contributed by atoms with Crippen LogP contribution in [0.5, 0.6) is 5.75 Å². The highest BCUT2D eigenvalue weighted by atomic mass is 16.5. The zero-order valence-corrected chi connectivity index (χ0v) is 15.0. The largest absolute Gasteiger partial charge is 0.480 e. The molecule has 5 nitrogen and oxygen atoms in total. The number of aliphatic hydroxyl groups excluding tert-OH is 1. The van der Waals surface area contributed by atoms with Gasteiger partial charge in [-0.1, -0.05) is 25.1 Å². The minimum Gasteiger partial charge on any atom is -0.480 e. The van der Waals surface area contributed by atoms with Crippen LogP contribution in [0.2, 0.25) is 0 Å². The molecule has 0 radical (unpaired) electrons. The topological polar surface area (TPSA) is 61.8 Å². The number of para-hydroxylation sites is 1. The van der Waals surface area contributed by atoms with Gasteiger partial charge in [0, 0.05) is 25.0 Å². The summed E-state index contributed by atoms with van der Waals surface area (Å²) >= 11 is 0. The molecule has 1 amide bonds. The van der Waals surface area contributed by atoms with E-state index in [2.05, 4.69) is 5.32 Å². The zero-order valence-electron chi connectivity index (χ0n) is 15.0. The van der Waals surface area contributed by atoms with Crippen molar-refractivity contribution in [2.24, 2.45) is 0 Å². The predicted molar refractivity (Wildman–Crippen MR) is 101 cm³/mol. The second-order valence-corrected chi connectivity index (χ2v) is 5.96. The van der Waals surface area contributed by atoms with Gasteiger partial charge in [0.2, 0.25) is 0 Å². The van der Waals surface area contributed by atoms with Gasteiger partial charge in [0.25, 0.3) is 5.91 Å². The first-order valence-corrected chi connectivity index (χ1v) is 8.50. The van der Waals surface area contributed by atoms with Gasteiger partial charge in [0.1, 0.15) is 5.75 Å². The molecule has 0 aliphatic rings. The lowest BCUT2D eigenvalue weighted by molar-refractivity contribution is -0.122. The van der Waals surface area contributed by atoms with Crippen molar-refractivity contribution in [1.82, 2.24) is 0 Å². The van der Waals surface area contributed by atoms with Gasteiger partial charge in [-0.2, -0.15) is 0 Å². The molecule has 0 heterocycles. The number of carbonyl (C=O) groups excluding carboxylic acids is 1. The Morgan fingerprint density at radius 1 is 1.20 bits per heavy atom. The number of amides is 1. The van der Waals surface area contributed by atoms with E-state index in [1.807, 2.05) is 74.3 Å². The smallest absolute Gasteiger partial charge is 0.265 e. The quantitative estimate of drug-likeness (QED) is 0.773. The Morgan fingerprint density at radius 2 is 1.88 bits per heavy atom. The third-order valence-electron chi connectivity index (χ3n) is 4.04. The molecule has 0 saturated carbocycles. The average Bonchev–Trinajstić information content (AvgIpc) is 2.61. The van der Waals surface area contributed by atoms with Gasteiger partial charge in [0.15, 0.2) is 6.10 Å². The van der Waals surface area contributed by atoms with E-state index in [1.165, 1.54) is 0 Å². The van der Waals surface area contributed by atoms with E-state index in [-0.39, 0.29) is 12.5 Å². The summed E-state index contributed by atoms with van der Waals surface area (Å²) in [5, 5.41) is 11.9. The Balaban J connectivity index is 2.00. The van der Waals surface area contributed by atoms with Gasteiger partial charge < -0.3 is 20.1 Å². The molecule has 5 heteroatoms. The van der Waals surface area contributed by atoms with Crippen molar-refractivity contribution < 1.29 is 14.6 Å². The maximum Gasteiger partial charge on any atom is 0.265 e. The van der Waals surface area contributed by atoms with Crippen LogP contribution in [0.4, 0.5) is 11.4 Å². The van der Waals surface area contributed by atoms with E-state index in [1.54, 1.807) is 0 Å². The predicted octanol–water partition coefficient (Wildman–Crippen LogP) is 3.22. The van der Waals surface area contributed by atoms with Gasteiger partial charge in [-0.3, -0.25) is 4.79 Å². The average molecular weight is 342 g/mol. The number of benzene rings is 2. The van der Waals surface area contributed by atoms with E-state index in [0.717, 1.165) is 22.7 Å². The fourth-order valence-corrected chi connectivity index (χ4v) is 2.47. The molecule has 1 atom stereocenters. The number of hydrogen-bond donors (Lipinski definition) is 2. The lowest BCUT2D eigenvalue weighted by Crippen LogP contribution is -2.32. The molecule has 25 heavy (non-hydrogen) atoms. The Kier molecular flexibility index (Phi) is 6.83. The number of anilines is 2. The van der Waals surface area contributed by atoms with E-state index in [9.17, 15) is 4.79 Å². The Bertz CT molecular complexity index is 686. The monoisotopic (exact) mass is 342 g/mol. The second kappa shape index (κ2) is 9.08. The van der Waals surface area contributed by atoms with E-state index >= 15 is 0 Å². The number of aliphatic hydroxyl groups is 1. The summed E-state index contributed by atoms with van der Waals surface area (Å²) in [6.07, 6.45) is 0.0372. The van der Waals surface area contributed by atoms with Crippen molar-refractivity contribution in [2.45, 2.75) is 26.4 Å². The maximum atomic E-state index is 12.5. The van der Waals surface area contributed by atoms with Crippen molar-refractivity contribution in [1.29, 1.82) is 0 Å². The molecule has 2 aromatic rings. The van der Waals surface area contributed by atoms with Crippen LogP contribution >= 0.6 is 0 Å². The van der Waals surface area contributed by atoms with Crippen LogP contribution in [-0.4, -0.2) is 37.3 Å². The fourth-order valence-electron chi connectivity index (χ4n) is 2.47. The highest BCUT2D eigenvalue weighted by Crippen LogP contribution is 2.20. The molecule has 134 valence electrons. The molecule has 0 aliphatic heterocycles. The summed E-state index contributed by atoms with van der Waals surface area (Å²) < 4.78 is 5.87. The summed E-state index contributed by atoms with van der Waals surface area (Å²) in [5.74, 6) is 0.563. The summed E-state index contributed by atoms with van der Waals surface area (Å²) in [5.41, 5.74) is 2.71. The summed E-state index contributed by atoms with van der Waals surface area (Å²) in [7, 11) is 1.91. The van der Waals surface area contributed by atoms with Crippen LogP contribution in [0.15, 0.2) is 48.5 Å². The highest BCUT2D eigenvalue weighted by molar-refractivity contribution is 5.94. The molecule has 2 N–H and O–H groups in total.